The Balaban J connectivity index is 1.98. The topological polar surface area (TPSA) is 26.3 Å². The van der Waals surface area contributed by atoms with Gasteiger partial charge in [0.25, 0.3) is 0 Å². The van der Waals surface area contributed by atoms with E-state index in [0.29, 0.717) is 9.34 Å². The van der Waals surface area contributed by atoms with Crippen molar-refractivity contribution in [1.29, 1.82) is 0 Å². The van der Waals surface area contributed by atoms with Gasteiger partial charge in [-0.1, -0.05) is 47.6 Å². The lowest BCUT2D eigenvalue weighted by Crippen LogP contribution is -2.08. The predicted octanol–water partition coefficient (Wildman–Crippen LogP) is 6.29. The number of hydrogen-bond donors (Lipinski definition) is 0. The molecule has 22 heavy (non-hydrogen) atoms. The molecule has 2 heterocycles. The first-order valence-electron chi connectivity index (χ1n) is 6.47. The van der Waals surface area contributed by atoms with E-state index in [0.717, 1.165) is 32.5 Å². The van der Waals surface area contributed by atoms with E-state index >= 15 is 0 Å². The molecule has 110 valence electrons. The summed E-state index contributed by atoms with van der Waals surface area (Å²) in [6, 6.07) is 15.8. The molecule has 0 unspecified atom stereocenters. The molecule has 0 bridgehead atoms. The molecular formula is C16H8Br2ClO2P. The van der Waals surface area contributed by atoms with E-state index in [4.69, 9.17) is 20.1 Å². The number of furan rings is 2. The zero-order chi connectivity index (χ0) is 15.3. The number of hydrogen-bond acceptors (Lipinski definition) is 2. The molecule has 0 atom stereocenters. The van der Waals surface area contributed by atoms with Crippen LogP contribution >= 0.6 is 50.4 Å². The molecular weight excluding hydrogens is 450 g/mol. The van der Waals surface area contributed by atoms with Crippen molar-refractivity contribution in [2.75, 3.05) is 0 Å². The Morgan fingerprint density at radius 2 is 1.14 bits per heavy atom. The summed E-state index contributed by atoms with van der Waals surface area (Å²) >= 11 is 13.9. The molecule has 0 radical (unpaired) electrons. The van der Waals surface area contributed by atoms with Gasteiger partial charge in [-0.05, 0) is 44.0 Å². The van der Waals surface area contributed by atoms with E-state index in [2.05, 4.69) is 31.9 Å². The van der Waals surface area contributed by atoms with Gasteiger partial charge in [0, 0.05) is 10.8 Å². The molecule has 0 saturated carbocycles. The third kappa shape index (κ3) is 2.25. The second kappa shape index (κ2) is 5.68. The highest BCUT2D eigenvalue weighted by atomic mass is 79.9. The maximum atomic E-state index is 6.87. The predicted molar refractivity (Wildman–Crippen MR) is 99.9 cm³/mol. The summed E-state index contributed by atoms with van der Waals surface area (Å²) in [4.78, 5) is 0. The molecule has 4 rings (SSSR count). The molecule has 2 nitrogen and oxygen atoms in total. The SMILES string of the molecule is ClP(c1c(Br)oc2ccccc12)c1c(Br)oc2ccccc12. The first-order chi connectivity index (χ1) is 10.7. The van der Waals surface area contributed by atoms with Crippen LogP contribution in [-0.2, 0) is 0 Å². The monoisotopic (exact) mass is 456 g/mol. The molecule has 0 spiro atoms. The lowest BCUT2D eigenvalue weighted by atomic mass is 10.3. The van der Waals surface area contributed by atoms with E-state index in [1.807, 2.05) is 48.5 Å². The van der Waals surface area contributed by atoms with Crippen molar-refractivity contribution in [2.24, 2.45) is 0 Å². The third-order valence-corrected chi connectivity index (χ3v) is 7.87. The molecule has 0 aliphatic rings. The van der Waals surface area contributed by atoms with Crippen molar-refractivity contribution < 1.29 is 8.83 Å². The average molecular weight is 458 g/mol. The summed E-state index contributed by atoms with van der Waals surface area (Å²) in [5, 5.41) is 3.99. The summed E-state index contributed by atoms with van der Waals surface area (Å²) in [6.45, 7) is 0. The maximum Gasteiger partial charge on any atom is 0.179 e. The summed E-state index contributed by atoms with van der Waals surface area (Å²) in [5.74, 6) is 0. The van der Waals surface area contributed by atoms with E-state index in [1.54, 1.807) is 0 Å². The van der Waals surface area contributed by atoms with Gasteiger partial charge >= 0.3 is 0 Å². The number of rotatable bonds is 2. The van der Waals surface area contributed by atoms with Crippen LogP contribution in [0.4, 0.5) is 0 Å². The molecule has 2 aromatic heterocycles. The maximum absolute atomic E-state index is 6.87. The lowest BCUT2D eigenvalue weighted by Gasteiger charge is -2.08. The fraction of sp³-hybridized carbons (Fsp3) is 0. The van der Waals surface area contributed by atoms with Crippen molar-refractivity contribution in [3.05, 3.63) is 57.9 Å². The molecule has 0 fully saturated rings. The van der Waals surface area contributed by atoms with Gasteiger partial charge in [-0.2, -0.15) is 0 Å². The first kappa shape index (κ1) is 14.8. The Morgan fingerprint density at radius 1 is 0.727 bits per heavy atom. The van der Waals surface area contributed by atoms with Gasteiger partial charge in [0.15, 0.2) is 9.34 Å². The van der Waals surface area contributed by atoms with Crippen molar-refractivity contribution >= 4 is 82.9 Å². The van der Waals surface area contributed by atoms with Crippen molar-refractivity contribution in [3.8, 4) is 0 Å². The van der Waals surface area contributed by atoms with Gasteiger partial charge in [0.05, 0.1) is 17.9 Å². The van der Waals surface area contributed by atoms with E-state index in [1.165, 1.54) is 0 Å². The number of benzene rings is 2. The number of halogens is 3. The van der Waals surface area contributed by atoms with Crippen LogP contribution in [0.1, 0.15) is 0 Å². The van der Waals surface area contributed by atoms with Gasteiger partial charge < -0.3 is 8.83 Å². The van der Waals surface area contributed by atoms with E-state index in [9.17, 15) is 0 Å². The van der Waals surface area contributed by atoms with Gasteiger partial charge in [-0.3, -0.25) is 0 Å². The van der Waals surface area contributed by atoms with Gasteiger partial charge in [0.2, 0.25) is 0 Å². The minimum atomic E-state index is -1.15. The second-order valence-corrected chi connectivity index (χ2v) is 8.63. The Bertz CT molecular complexity index is 912. The summed E-state index contributed by atoms with van der Waals surface area (Å²) in [6.07, 6.45) is 0. The lowest BCUT2D eigenvalue weighted by molar-refractivity contribution is 0.590. The molecule has 0 amide bonds. The van der Waals surface area contributed by atoms with Crippen LogP contribution in [0.25, 0.3) is 21.9 Å². The van der Waals surface area contributed by atoms with Crippen LogP contribution < -0.4 is 10.6 Å². The Morgan fingerprint density at radius 3 is 1.59 bits per heavy atom. The highest BCUT2D eigenvalue weighted by Gasteiger charge is 2.27. The van der Waals surface area contributed by atoms with Crippen molar-refractivity contribution in [3.63, 3.8) is 0 Å². The largest absolute Gasteiger partial charge is 0.449 e. The Hall–Kier alpha value is -0.800. The van der Waals surface area contributed by atoms with E-state index in [-0.39, 0.29) is 0 Å². The van der Waals surface area contributed by atoms with Gasteiger partial charge in [0.1, 0.15) is 11.2 Å². The number of fused-ring (bicyclic) bond motifs is 2. The van der Waals surface area contributed by atoms with Crippen molar-refractivity contribution in [1.82, 2.24) is 0 Å². The molecule has 0 N–H and O–H groups in total. The Labute approximate surface area is 149 Å². The molecule has 0 aliphatic carbocycles. The normalized spacial score (nSPS) is 11.8. The zero-order valence-corrected chi connectivity index (χ0v) is 15.8. The Kier molecular flexibility index (Phi) is 3.82. The molecule has 2 aromatic carbocycles. The molecule has 0 saturated heterocycles. The second-order valence-electron chi connectivity index (χ2n) is 4.72. The summed E-state index contributed by atoms with van der Waals surface area (Å²) in [7, 11) is -1.15. The van der Waals surface area contributed by atoms with Crippen LogP contribution in [-0.4, -0.2) is 0 Å². The van der Waals surface area contributed by atoms with Gasteiger partial charge in [-0.15, -0.1) is 0 Å². The summed E-state index contributed by atoms with van der Waals surface area (Å²) < 4.78 is 12.9. The standard InChI is InChI=1S/C16H8Br2ClO2P/c17-15-13(9-5-1-3-7-11(9)20-15)22(19)14-10-6-2-4-8-12(10)21-16(14)18/h1-8H. The highest BCUT2D eigenvalue weighted by Crippen LogP contribution is 2.48. The quantitative estimate of drug-likeness (QED) is 0.330. The van der Waals surface area contributed by atoms with E-state index < -0.39 is 7.27 Å². The number of para-hydroxylation sites is 2. The van der Waals surface area contributed by atoms with Crippen LogP contribution in [0.3, 0.4) is 0 Å². The van der Waals surface area contributed by atoms with Crippen molar-refractivity contribution in [2.45, 2.75) is 0 Å². The average Bonchev–Trinajstić information content (AvgIpc) is 3.01. The van der Waals surface area contributed by atoms with Crippen LogP contribution in [0, 0.1) is 0 Å². The van der Waals surface area contributed by atoms with Crippen LogP contribution in [0.15, 0.2) is 66.7 Å². The third-order valence-electron chi connectivity index (χ3n) is 3.45. The highest BCUT2D eigenvalue weighted by molar-refractivity contribution is 9.11. The smallest absolute Gasteiger partial charge is 0.179 e. The summed E-state index contributed by atoms with van der Waals surface area (Å²) in [5.41, 5.74) is 1.64. The fourth-order valence-corrected chi connectivity index (χ4v) is 7.36. The fourth-order valence-electron chi connectivity index (χ4n) is 2.48. The minimum Gasteiger partial charge on any atom is -0.449 e. The van der Waals surface area contributed by atoms with Crippen LogP contribution in [0.5, 0.6) is 0 Å². The van der Waals surface area contributed by atoms with Gasteiger partial charge in [-0.25, -0.2) is 0 Å². The first-order valence-corrected chi connectivity index (χ1v) is 10.3. The minimum absolute atomic E-state index is 0.673. The molecule has 4 aromatic rings. The van der Waals surface area contributed by atoms with Crippen LogP contribution in [0.2, 0.25) is 0 Å². The zero-order valence-electron chi connectivity index (χ0n) is 11.0. The molecule has 6 heteroatoms. The molecule has 0 aliphatic heterocycles.